The largest absolute Gasteiger partial charge is 0.369 e. The molecule has 0 spiro atoms. The van der Waals surface area contributed by atoms with Crippen LogP contribution in [-0.2, 0) is 16.1 Å². The maximum atomic E-state index is 12.8. The molecule has 2 amide bonds. The molecule has 2 aromatic carbocycles. The fourth-order valence-corrected chi connectivity index (χ4v) is 3.98. The van der Waals surface area contributed by atoms with Crippen molar-refractivity contribution in [3.05, 3.63) is 82.6 Å². The van der Waals surface area contributed by atoms with E-state index in [1.54, 1.807) is 0 Å². The van der Waals surface area contributed by atoms with Crippen molar-refractivity contribution in [3.8, 4) is 0 Å². The predicted octanol–water partition coefficient (Wildman–Crippen LogP) is 4.59. The van der Waals surface area contributed by atoms with Crippen LogP contribution in [0.15, 0.2) is 72.1 Å². The van der Waals surface area contributed by atoms with Crippen molar-refractivity contribution in [1.29, 1.82) is 0 Å². The number of amides is 2. The molecule has 1 aromatic heterocycles. The van der Waals surface area contributed by atoms with Crippen molar-refractivity contribution in [1.82, 2.24) is 5.32 Å². The Bertz CT molecular complexity index is 942. The summed E-state index contributed by atoms with van der Waals surface area (Å²) in [6.07, 6.45) is 0.177. The van der Waals surface area contributed by atoms with Crippen LogP contribution in [0.5, 0.6) is 0 Å². The minimum atomic E-state index is -0.332. The summed E-state index contributed by atoms with van der Waals surface area (Å²) in [4.78, 5) is 27.4. The number of anilines is 2. The van der Waals surface area contributed by atoms with Crippen LogP contribution in [0.3, 0.4) is 0 Å². The van der Waals surface area contributed by atoms with Crippen molar-refractivity contribution >= 4 is 34.5 Å². The monoisotopic (exact) mass is 407 g/mol. The summed E-state index contributed by atoms with van der Waals surface area (Å²) in [5, 5.41) is 7.83. The minimum Gasteiger partial charge on any atom is -0.369 e. The van der Waals surface area contributed by atoms with E-state index in [1.165, 1.54) is 23.8 Å². The van der Waals surface area contributed by atoms with E-state index in [-0.39, 0.29) is 24.3 Å². The van der Waals surface area contributed by atoms with Gasteiger partial charge in [0, 0.05) is 25.4 Å². The number of thiophene rings is 1. The first-order valence-corrected chi connectivity index (χ1v) is 10.4. The molecule has 3 rings (SSSR count). The van der Waals surface area contributed by atoms with Gasteiger partial charge in [-0.15, -0.1) is 11.3 Å². The van der Waals surface area contributed by atoms with E-state index in [2.05, 4.69) is 27.7 Å². The molecule has 0 saturated carbocycles. The van der Waals surface area contributed by atoms with Crippen LogP contribution in [0.4, 0.5) is 11.4 Å². The van der Waals surface area contributed by atoms with E-state index >= 15 is 0 Å². The van der Waals surface area contributed by atoms with Crippen molar-refractivity contribution < 1.29 is 9.59 Å². The zero-order valence-electron chi connectivity index (χ0n) is 16.6. The fourth-order valence-electron chi connectivity index (χ4n) is 3.20. The highest BCUT2D eigenvalue weighted by atomic mass is 32.1. The minimum absolute atomic E-state index is 0.141. The van der Waals surface area contributed by atoms with E-state index in [1.807, 2.05) is 67.0 Å². The van der Waals surface area contributed by atoms with Crippen molar-refractivity contribution in [2.24, 2.45) is 0 Å². The summed E-state index contributed by atoms with van der Waals surface area (Å²) in [6.45, 7) is 2.20. The number of benzene rings is 2. The normalized spacial score (nSPS) is 11.5. The molecule has 0 aliphatic heterocycles. The van der Waals surface area contributed by atoms with Gasteiger partial charge >= 0.3 is 0 Å². The molecular formula is C23H25N3O2S. The lowest BCUT2D eigenvalue weighted by Crippen LogP contribution is -2.29. The molecule has 2 N–H and O–H groups in total. The van der Waals surface area contributed by atoms with Gasteiger partial charge < -0.3 is 15.5 Å². The predicted molar refractivity (Wildman–Crippen MR) is 119 cm³/mol. The van der Waals surface area contributed by atoms with E-state index in [4.69, 9.17) is 0 Å². The van der Waals surface area contributed by atoms with Crippen LogP contribution in [-0.4, -0.2) is 18.9 Å². The molecule has 0 bridgehead atoms. The summed E-state index contributed by atoms with van der Waals surface area (Å²) in [6, 6.07) is 21.5. The van der Waals surface area contributed by atoms with Gasteiger partial charge in [0.05, 0.1) is 23.8 Å². The molecule has 150 valence electrons. The summed E-state index contributed by atoms with van der Waals surface area (Å²) in [5.74, 6) is -0.295. The van der Waals surface area contributed by atoms with Gasteiger partial charge in [0.25, 0.3) is 0 Å². The zero-order valence-corrected chi connectivity index (χ0v) is 17.4. The third kappa shape index (κ3) is 5.93. The summed E-state index contributed by atoms with van der Waals surface area (Å²) in [5.41, 5.74) is 2.89. The average molecular weight is 408 g/mol. The lowest BCUT2D eigenvalue weighted by molar-refractivity contribution is -0.120. The van der Waals surface area contributed by atoms with Gasteiger partial charge in [-0.05, 0) is 29.1 Å². The molecule has 6 heteroatoms. The van der Waals surface area contributed by atoms with Gasteiger partial charge in [0.1, 0.15) is 0 Å². The third-order valence-corrected chi connectivity index (χ3v) is 5.49. The van der Waals surface area contributed by atoms with Crippen molar-refractivity contribution in [3.63, 3.8) is 0 Å². The highest BCUT2D eigenvalue weighted by Crippen LogP contribution is 2.27. The highest BCUT2D eigenvalue weighted by molar-refractivity contribution is 7.10. The maximum absolute atomic E-state index is 12.8. The zero-order chi connectivity index (χ0) is 20.6. The number of hydrogen-bond donors (Lipinski definition) is 2. The molecule has 0 saturated heterocycles. The second-order valence-electron chi connectivity index (χ2n) is 6.88. The van der Waals surface area contributed by atoms with Crippen LogP contribution in [0.25, 0.3) is 0 Å². The summed E-state index contributed by atoms with van der Waals surface area (Å²) < 4.78 is 0. The molecule has 29 heavy (non-hydrogen) atoms. The quantitative estimate of drug-likeness (QED) is 0.574. The van der Waals surface area contributed by atoms with Gasteiger partial charge in [0.15, 0.2) is 0 Å². The smallest absolute Gasteiger partial charge is 0.226 e. The first-order chi connectivity index (χ1) is 14.0. The van der Waals surface area contributed by atoms with Gasteiger partial charge in [-0.1, -0.05) is 48.5 Å². The Morgan fingerprint density at radius 3 is 2.41 bits per heavy atom. The Morgan fingerprint density at radius 2 is 1.72 bits per heavy atom. The van der Waals surface area contributed by atoms with Gasteiger partial charge in [-0.25, -0.2) is 0 Å². The number of para-hydroxylation sites is 2. The standard InChI is InChI=1S/C23H25N3O2S/c1-17(27)24-20(22-13-8-14-29-22)15-23(28)25-19-11-6-7-12-21(19)26(2)16-18-9-4-3-5-10-18/h3-14,20H,15-16H2,1-2H3,(H,24,27)(H,25,28). The Kier molecular flexibility index (Phi) is 7.03. The second kappa shape index (κ2) is 9.89. The van der Waals surface area contributed by atoms with E-state index in [0.29, 0.717) is 0 Å². The molecule has 5 nitrogen and oxygen atoms in total. The van der Waals surface area contributed by atoms with Crippen molar-refractivity contribution in [2.45, 2.75) is 25.9 Å². The summed E-state index contributed by atoms with van der Waals surface area (Å²) >= 11 is 1.53. The SMILES string of the molecule is CC(=O)NC(CC(=O)Nc1ccccc1N(C)Cc1ccccc1)c1cccs1. The second-order valence-corrected chi connectivity index (χ2v) is 7.86. The topological polar surface area (TPSA) is 61.4 Å². The number of hydrogen-bond acceptors (Lipinski definition) is 4. The molecule has 0 radical (unpaired) electrons. The van der Waals surface area contributed by atoms with E-state index in [9.17, 15) is 9.59 Å². The average Bonchev–Trinajstić information content (AvgIpc) is 3.23. The van der Waals surface area contributed by atoms with E-state index < -0.39 is 0 Å². The molecule has 1 heterocycles. The van der Waals surface area contributed by atoms with Crippen LogP contribution in [0, 0.1) is 0 Å². The molecular weight excluding hydrogens is 382 g/mol. The Morgan fingerprint density at radius 1 is 1.00 bits per heavy atom. The molecule has 0 aliphatic carbocycles. The first kappa shape index (κ1) is 20.6. The molecule has 0 fully saturated rings. The van der Waals surface area contributed by atoms with Crippen LogP contribution < -0.4 is 15.5 Å². The molecule has 3 aromatic rings. The fraction of sp³-hybridized carbons (Fsp3) is 0.217. The lowest BCUT2D eigenvalue weighted by atomic mass is 10.1. The number of nitrogens with zero attached hydrogens (tertiary/aromatic N) is 1. The number of carbonyl (C=O) groups is 2. The summed E-state index contributed by atoms with van der Waals surface area (Å²) in [7, 11) is 2.00. The van der Waals surface area contributed by atoms with Gasteiger partial charge in [0.2, 0.25) is 11.8 Å². The van der Waals surface area contributed by atoms with E-state index in [0.717, 1.165) is 22.8 Å². The van der Waals surface area contributed by atoms with Crippen LogP contribution in [0.1, 0.15) is 29.8 Å². The highest BCUT2D eigenvalue weighted by Gasteiger charge is 2.19. The van der Waals surface area contributed by atoms with Crippen LogP contribution in [0.2, 0.25) is 0 Å². The van der Waals surface area contributed by atoms with Crippen molar-refractivity contribution in [2.75, 3.05) is 17.3 Å². The first-order valence-electron chi connectivity index (χ1n) is 9.47. The maximum Gasteiger partial charge on any atom is 0.226 e. The number of carbonyl (C=O) groups excluding carboxylic acids is 2. The molecule has 0 aliphatic rings. The number of rotatable bonds is 8. The lowest BCUT2D eigenvalue weighted by Gasteiger charge is -2.23. The van der Waals surface area contributed by atoms with Crippen LogP contribution >= 0.6 is 11.3 Å². The molecule has 1 unspecified atom stereocenters. The third-order valence-electron chi connectivity index (χ3n) is 4.51. The Balaban J connectivity index is 1.71. The molecule has 1 atom stereocenters. The Hall–Kier alpha value is -3.12. The van der Waals surface area contributed by atoms with Gasteiger partial charge in [-0.3, -0.25) is 9.59 Å². The number of nitrogens with one attached hydrogen (secondary N) is 2. The van der Waals surface area contributed by atoms with Gasteiger partial charge in [-0.2, -0.15) is 0 Å². The Labute approximate surface area is 175 Å².